The first kappa shape index (κ1) is 13.8. The molecule has 116 valence electrons. The first-order valence-electron chi connectivity index (χ1n) is 7.81. The second kappa shape index (κ2) is 5.76. The predicted octanol–water partition coefficient (Wildman–Crippen LogP) is 3.37. The minimum Gasteiger partial charge on any atom is -0.463 e. The van der Waals surface area contributed by atoms with E-state index in [1.165, 1.54) is 0 Å². The summed E-state index contributed by atoms with van der Waals surface area (Å²) in [5.74, 6) is 0.687. The average molecular weight is 307 g/mol. The molecule has 0 bridgehead atoms. The van der Waals surface area contributed by atoms with E-state index in [2.05, 4.69) is 5.10 Å². The van der Waals surface area contributed by atoms with Crippen molar-refractivity contribution >= 4 is 5.91 Å². The van der Waals surface area contributed by atoms with Crippen LogP contribution in [0.4, 0.5) is 0 Å². The van der Waals surface area contributed by atoms with E-state index in [1.807, 2.05) is 53.4 Å². The van der Waals surface area contributed by atoms with Crippen molar-refractivity contribution in [2.45, 2.75) is 12.8 Å². The van der Waals surface area contributed by atoms with Gasteiger partial charge in [0.05, 0.1) is 12.0 Å². The van der Waals surface area contributed by atoms with Crippen molar-refractivity contribution in [3.8, 4) is 17.1 Å². The molecule has 1 saturated heterocycles. The third kappa shape index (κ3) is 2.54. The van der Waals surface area contributed by atoms with E-state index >= 15 is 0 Å². The molecule has 1 aliphatic rings. The summed E-state index contributed by atoms with van der Waals surface area (Å²) in [5.41, 5.74) is 2.11. The van der Waals surface area contributed by atoms with Gasteiger partial charge in [0, 0.05) is 19.2 Å². The zero-order valence-electron chi connectivity index (χ0n) is 12.7. The lowest BCUT2D eigenvalue weighted by molar-refractivity contribution is 0.0784. The van der Waals surface area contributed by atoms with Gasteiger partial charge < -0.3 is 9.32 Å². The van der Waals surface area contributed by atoms with Crippen LogP contribution >= 0.6 is 0 Å². The molecular formula is C18H17N3O2. The smallest absolute Gasteiger partial charge is 0.272 e. The summed E-state index contributed by atoms with van der Waals surface area (Å²) in [7, 11) is 0. The number of furan rings is 1. The van der Waals surface area contributed by atoms with Crippen LogP contribution in [0.25, 0.3) is 17.1 Å². The summed E-state index contributed by atoms with van der Waals surface area (Å²) in [6, 6.07) is 15.2. The van der Waals surface area contributed by atoms with Gasteiger partial charge in [0.2, 0.25) is 0 Å². The highest BCUT2D eigenvalue weighted by Gasteiger charge is 2.25. The van der Waals surface area contributed by atoms with Crippen molar-refractivity contribution in [3.63, 3.8) is 0 Å². The van der Waals surface area contributed by atoms with Gasteiger partial charge in [0.25, 0.3) is 5.91 Å². The van der Waals surface area contributed by atoms with Gasteiger partial charge in [-0.2, -0.15) is 5.10 Å². The maximum atomic E-state index is 12.9. The molecule has 0 N–H and O–H groups in total. The lowest BCUT2D eigenvalue weighted by Gasteiger charge is -2.15. The third-order valence-corrected chi connectivity index (χ3v) is 4.10. The van der Waals surface area contributed by atoms with E-state index < -0.39 is 0 Å². The van der Waals surface area contributed by atoms with Crippen LogP contribution in [0.1, 0.15) is 23.3 Å². The highest BCUT2D eigenvalue weighted by Crippen LogP contribution is 2.24. The van der Waals surface area contributed by atoms with Gasteiger partial charge in [0.1, 0.15) is 11.4 Å². The van der Waals surface area contributed by atoms with Crippen LogP contribution < -0.4 is 0 Å². The van der Waals surface area contributed by atoms with Crippen LogP contribution in [0.2, 0.25) is 0 Å². The van der Waals surface area contributed by atoms with Crippen molar-refractivity contribution in [2.75, 3.05) is 13.1 Å². The minimum atomic E-state index is 0.0247. The first-order chi connectivity index (χ1) is 11.3. The largest absolute Gasteiger partial charge is 0.463 e. The van der Waals surface area contributed by atoms with Crippen molar-refractivity contribution in [1.29, 1.82) is 0 Å². The van der Waals surface area contributed by atoms with Gasteiger partial charge >= 0.3 is 0 Å². The molecule has 0 atom stereocenters. The maximum Gasteiger partial charge on any atom is 0.272 e. The Bertz CT molecular complexity index is 800. The number of carbonyl (C=O) groups is 1. The lowest BCUT2D eigenvalue weighted by Crippen LogP contribution is -2.29. The highest BCUT2D eigenvalue weighted by atomic mass is 16.3. The highest BCUT2D eigenvalue weighted by molar-refractivity contribution is 5.94. The molecule has 1 aliphatic heterocycles. The second-order valence-corrected chi connectivity index (χ2v) is 5.64. The number of benzene rings is 1. The van der Waals surface area contributed by atoms with E-state index in [-0.39, 0.29) is 5.91 Å². The summed E-state index contributed by atoms with van der Waals surface area (Å²) in [6.07, 6.45) is 3.74. The topological polar surface area (TPSA) is 51.3 Å². The van der Waals surface area contributed by atoms with E-state index in [1.54, 1.807) is 10.9 Å². The van der Waals surface area contributed by atoms with Crippen molar-refractivity contribution in [1.82, 2.24) is 14.7 Å². The normalized spacial score (nSPS) is 14.3. The Hall–Kier alpha value is -2.82. The average Bonchev–Trinajstić information content (AvgIpc) is 3.35. The number of para-hydroxylation sites is 1. The van der Waals surface area contributed by atoms with Gasteiger partial charge in [-0.15, -0.1) is 0 Å². The molecule has 3 heterocycles. The molecule has 0 unspecified atom stereocenters. The molecule has 1 amide bonds. The monoisotopic (exact) mass is 307 g/mol. The van der Waals surface area contributed by atoms with Crippen LogP contribution in [0, 0.1) is 0 Å². The number of amides is 1. The molecular weight excluding hydrogens is 290 g/mol. The van der Waals surface area contributed by atoms with Crippen LogP contribution in [0.5, 0.6) is 0 Å². The SMILES string of the molecule is O=C(c1cc(-c2ccco2)nn1-c1ccccc1)N1CCCC1. The summed E-state index contributed by atoms with van der Waals surface area (Å²) >= 11 is 0. The molecule has 23 heavy (non-hydrogen) atoms. The zero-order chi connectivity index (χ0) is 15.6. The molecule has 0 aliphatic carbocycles. The molecule has 1 aromatic carbocycles. The fourth-order valence-electron chi connectivity index (χ4n) is 2.93. The molecule has 2 aromatic heterocycles. The summed E-state index contributed by atoms with van der Waals surface area (Å²) in [6.45, 7) is 1.63. The quantitative estimate of drug-likeness (QED) is 0.745. The van der Waals surface area contributed by atoms with Gasteiger partial charge in [-0.3, -0.25) is 4.79 Å². The first-order valence-corrected chi connectivity index (χ1v) is 7.81. The molecule has 0 spiro atoms. The van der Waals surface area contributed by atoms with Crippen molar-refractivity contribution in [3.05, 3.63) is 60.5 Å². The zero-order valence-corrected chi connectivity index (χ0v) is 12.7. The Morgan fingerprint density at radius 2 is 1.83 bits per heavy atom. The number of carbonyl (C=O) groups excluding carboxylic acids is 1. The summed E-state index contributed by atoms with van der Waals surface area (Å²) < 4.78 is 7.14. The predicted molar refractivity (Wildman–Crippen MR) is 86.4 cm³/mol. The van der Waals surface area contributed by atoms with E-state index in [0.717, 1.165) is 31.6 Å². The number of hydrogen-bond donors (Lipinski definition) is 0. The molecule has 5 nitrogen and oxygen atoms in total. The minimum absolute atomic E-state index is 0.0247. The number of nitrogens with zero attached hydrogens (tertiary/aromatic N) is 3. The Balaban J connectivity index is 1.80. The van der Waals surface area contributed by atoms with Gasteiger partial charge in [-0.1, -0.05) is 18.2 Å². The van der Waals surface area contributed by atoms with Gasteiger partial charge in [-0.25, -0.2) is 4.68 Å². The second-order valence-electron chi connectivity index (χ2n) is 5.64. The number of hydrogen-bond acceptors (Lipinski definition) is 3. The Labute approximate surface area is 134 Å². The molecule has 4 rings (SSSR count). The molecule has 3 aromatic rings. The van der Waals surface area contributed by atoms with E-state index in [0.29, 0.717) is 17.1 Å². The molecule has 1 fully saturated rings. The maximum absolute atomic E-state index is 12.9. The number of aromatic nitrogens is 2. The Morgan fingerprint density at radius 1 is 1.04 bits per heavy atom. The van der Waals surface area contributed by atoms with Gasteiger partial charge in [-0.05, 0) is 37.1 Å². The Kier molecular flexibility index (Phi) is 3.46. The van der Waals surface area contributed by atoms with Gasteiger partial charge in [0.15, 0.2) is 5.76 Å². The molecule has 0 saturated carbocycles. The Morgan fingerprint density at radius 3 is 2.52 bits per heavy atom. The van der Waals surface area contributed by atoms with Crippen LogP contribution in [-0.4, -0.2) is 33.7 Å². The van der Waals surface area contributed by atoms with E-state index in [4.69, 9.17) is 4.42 Å². The van der Waals surface area contributed by atoms with E-state index in [9.17, 15) is 4.79 Å². The summed E-state index contributed by atoms with van der Waals surface area (Å²) in [5, 5.41) is 4.59. The number of likely N-dealkylation sites (tertiary alicyclic amines) is 1. The van der Waals surface area contributed by atoms with Crippen molar-refractivity contribution in [2.24, 2.45) is 0 Å². The molecule has 0 radical (unpaired) electrons. The van der Waals surface area contributed by atoms with Crippen LogP contribution in [-0.2, 0) is 0 Å². The lowest BCUT2D eigenvalue weighted by atomic mass is 10.2. The number of rotatable bonds is 3. The summed E-state index contributed by atoms with van der Waals surface area (Å²) in [4.78, 5) is 14.7. The standard InChI is InChI=1S/C18H17N3O2/c22-18(20-10-4-5-11-20)16-13-15(17-9-6-12-23-17)19-21(16)14-7-2-1-3-8-14/h1-3,6-9,12-13H,4-5,10-11H2. The van der Waals surface area contributed by atoms with Crippen LogP contribution in [0.15, 0.2) is 59.2 Å². The third-order valence-electron chi connectivity index (χ3n) is 4.10. The van der Waals surface area contributed by atoms with Crippen LogP contribution in [0.3, 0.4) is 0 Å². The molecule has 5 heteroatoms. The van der Waals surface area contributed by atoms with Crippen molar-refractivity contribution < 1.29 is 9.21 Å². The fourth-order valence-corrected chi connectivity index (χ4v) is 2.93. The fraction of sp³-hybridized carbons (Fsp3) is 0.222.